The average Bonchev–Trinajstić information content (AvgIpc) is 3.29. The Morgan fingerprint density at radius 3 is 2.36 bits per heavy atom. The van der Waals surface area contributed by atoms with Gasteiger partial charge in [-0.15, -0.1) is 0 Å². The van der Waals surface area contributed by atoms with Gasteiger partial charge in [0.1, 0.15) is 5.75 Å². The second kappa shape index (κ2) is 9.46. The number of ether oxygens (including phenoxy) is 1. The highest BCUT2D eigenvalue weighted by Crippen LogP contribution is 2.35. The predicted octanol–water partition coefficient (Wildman–Crippen LogP) is 4.58. The van der Waals surface area contributed by atoms with Gasteiger partial charge < -0.3 is 4.74 Å². The molecule has 1 N–H and O–H groups in total. The van der Waals surface area contributed by atoms with E-state index < -0.39 is 10.0 Å². The van der Waals surface area contributed by atoms with Crippen molar-refractivity contribution in [2.24, 2.45) is 5.10 Å². The molecule has 1 heterocycles. The van der Waals surface area contributed by atoms with Gasteiger partial charge in [0, 0.05) is 18.4 Å². The first kappa shape index (κ1) is 22.5. The number of carbonyl (C=O) groups excluding carboxylic acids is 1. The fraction of sp³-hybridized carbons (Fsp3) is 0.200. The first-order valence-corrected chi connectivity index (χ1v) is 12.1. The topological polar surface area (TPSA) is 88.1 Å². The fourth-order valence-corrected chi connectivity index (χ4v) is 4.88. The van der Waals surface area contributed by atoms with Gasteiger partial charge in [0.25, 0.3) is 10.0 Å². The van der Waals surface area contributed by atoms with E-state index in [1.54, 1.807) is 56.5 Å². The maximum absolute atomic E-state index is 12.9. The standard InChI is InChI=1S/C25H25N3O4S/c1-3-25(29)28-24(18-13-15-19(32-2)16-14-18)17-23(26-28)21-11-7-8-12-22(21)27-33(30,31)20-9-5-4-6-10-20/h4-16,24,27H,3,17H2,1-2H3/t24-/m0/s1. The Morgan fingerprint density at radius 2 is 1.70 bits per heavy atom. The van der Waals surface area contributed by atoms with Crippen LogP contribution in [0.25, 0.3) is 0 Å². The molecule has 7 nitrogen and oxygen atoms in total. The van der Waals surface area contributed by atoms with Gasteiger partial charge in [-0.1, -0.05) is 55.5 Å². The lowest BCUT2D eigenvalue weighted by molar-refractivity contribution is -0.132. The average molecular weight is 464 g/mol. The number of benzene rings is 3. The van der Waals surface area contributed by atoms with Crippen LogP contribution in [-0.4, -0.2) is 32.2 Å². The van der Waals surface area contributed by atoms with E-state index in [2.05, 4.69) is 9.82 Å². The molecule has 1 aliphatic rings. The second-order valence-corrected chi connectivity index (χ2v) is 9.28. The summed E-state index contributed by atoms with van der Waals surface area (Å²) in [5.41, 5.74) is 2.63. The molecule has 0 saturated heterocycles. The van der Waals surface area contributed by atoms with E-state index in [1.165, 1.54) is 5.01 Å². The molecular weight excluding hydrogens is 438 g/mol. The summed E-state index contributed by atoms with van der Waals surface area (Å²) in [5.74, 6) is 0.625. The summed E-state index contributed by atoms with van der Waals surface area (Å²) in [4.78, 5) is 12.9. The van der Waals surface area contributed by atoms with Gasteiger partial charge in [-0.3, -0.25) is 9.52 Å². The molecule has 4 rings (SSSR count). The number of nitrogens with one attached hydrogen (secondary N) is 1. The summed E-state index contributed by atoms with van der Waals surface area (Å²) in [7, 11) is -2.17. The second-order valence-electron chi connectivity index (χ2n) is 7.60. The highest BCUT2D eigenvalue weighted by atomic mass is 32.2. The molecule has 0 bridgehead atoms. The molecule has 0 spiro atoms. The fourth-order valence-electron chi connectivity index (χ4n) is 3.78. The Hall–Kier alpha value is -3.65. The lowest BCUT2D eigenvalue weighted by atomic mass is 9.97. The van der Waals surface area contributed by atoms with Crippen molar-refractivity contribution in [2.45, 2.75) is 30.7 Å². The lowest BCUT2D eigenvalue weighted by Crippen LogP contribution is -2.26. The van der Waals surface area contributed by atoms with Crippen LogP contribution in [0.4, 0.5) is 5.69 Å². The van der Waals surface area contributed by atoms with Crippen molar-refractivity contribution in [2.75, 3.05) is 11.8 Å². The third-order valence-electron chi connectivity index (χ3n) is 5.50. The number of rotatable bonds is 7. The van der Waals surface area contributed by atoms with Crippen molar-refractivity contribution in [1.82, 2.24) is 5.01 Å². The third kappa shape index (κ3) is 4.75. The van der Waals surface area contributed by atoms with Crippen molar-refractivity contribution in [3.63, 3.8) is 0 Å². The van der Waals surface area contributed by atoms with Gasteiger partial charge in [0.15, 0.2) is 0 Å². The Balaban J connectivity index is 1.68. The van der Waals surface area contributed by atoms with Gasteiger partial charge in [-0.2, -0.15) is 5.10 Å². The first-order chi connectivity index (χ1) is 15.9. The van der Waals surface area contributed by atoms with Crippen molar-refractivity contribution in [3.8, 4) is 5.75 Å². The normalized spacial score (nSPS) is 15.8. The number of sulfonamides is 1. The van der Waals surface area contributed by atoms with Crippen molar-refractivity contribution in [1.29, 1.82) is 0 Å². The van der Waals surface area contributed by atoms with Gasteiger partial charge in [0.05, 0.1) is 29.4 Å². The Labute approximate surface area is 193 Å². The molecule has 33 heavy (non-hydrogen) atoms. The summed E-state index contributed by atoms with van der Waals surface area (Å²) in [6, 6.07) is 22.6. The van der Waals surface area contributed by atoms with Crippen LogP contribution in [0.1, 0.15) is 36.9 Å². The molecule has 0 unspecified atom stereocenters. The molecule has 0 aliphatic carbocycles. The van der Waals surface area contributed by atoms with Crippen LogP contribution in [-0.2, 0) is 14.8 Å². The van der Waals surface area contributed by atoms with Crippen LogP contribution in [0.3, 0.4) is 0 Å². The van der Waals surface area contributed by atoms with Gasteiger partial charge >= 0.3 is 0 Å². The quantitative estimate of drug-likeness (QED) is 0.555. The molecule has 170 valence electrons. The van der Waals surface area contributed by atoms with Gasteiger partial charge in [-0.05, 0) is 35.9 Å². The lowest BCUT2D eigenvalue weighted by Gasteiger charge is -2.21. The van der Waals surface area contributed by atoms with Gasteiger partial charge in [0.2, 0.25) is 5.91 Å². The molecule has 0 aromatic heterocycles. The highest BCUT2D eigenvalue weighted by molar-refractivity contribution is 7.92. The Bertz CT molecular complexity index is 1270. The van der Waals surface area contributed by atoms with Crippen LogP contribution in [0.5, 0.6) is 5.75 Å². The maximum atomic E-state index is 12.9. The summed E-state index contributed by atoms with van der Waals surface area (Å²) in [5, 5.41) is 6.13. The minimum absolute atomic E-state index is 0.104. The SMILES string of the molecule is CCC(=O)N1N=C(c2ccccc2NS(=O)(=O)c2ccccc2)C[C@H]1c1ccc(OC)cc1. The first-order valence-electron chi connectivity index (χ1n) is 10.6. The smallest absolute Gasteiger partial charge is 0.261 e. The zero-order valence-electron chi connectivity index (χ0n) is 18.4. The number of methoxy groups -OCH3 is 1. The molecule has 0 saturated carbocycles. The number of anilines is 1. The number of carbonyl (C=O) groups is 1. The third-order valence-corrected chi connectivity index (χ3v) is 6.89. The van der Waals surface area contributed by atoms with Gasteiger partial charge in [-0.25, -0.2) is 13.4 Å². The Kier molecular flexibility index (Phi) is 6.46. The predicted molar refractivity (Wildman–Crippen MR) is 128 cm³/mol. The van der Waals surface area contributed by atoms with E-state index in [0.717, 1.165) is 11.3 Å². The van der Waals surface area contributed by atoms with Crippen molar-refractivity contribution in [3.05, 3.63) is 90.0 Å². The summed E-state index contributed by atoms with van der Waals surface area (Å²) >= 11 is 0. The monoisotopic (exact) mass is 463 g/mol. The number of hydrogen-bond acceptors (Lipinski definition) is 5. The van der Waals surface area contributed by atoms with E-state index in [4.69, 9.17) is 4.74 Å². The molecule has 3 aromatic rings. The number of hydrogen-bond donors (Lipinski definition) is 1. The van der Waals surface area contributed by atoms with Crippen molar-refractivity contribution >= 4 is 27.3 Å². The molecular formula is C25H25N3O4S. The van der Waals surface area contributed by atoms with E-state index >= 15 is 0 Å². The summed E-state index contributed by atoms with van der Waals surface area (Å²) in [6.07, 6.45) is 0.772. The molecule has 0 radical (unpaired) electrons. The van der Waals surface area contributed by atoms with Crippen molar-refractivity contribution < 1.29 is 17.9 Å². The largest absolute Gasteiger partial charge is 0.497 e. The summed E-state index contributed by atoms with van der Waals surface area (Å²) < 4.78 is 33.7. The zero-order chi connectivity index (χ0) is 23.4. The van der Waals surface area contributed by atoms with Crippen LogP contribution >= 0.6 is 0 Å². The molecule has 3 aromatic carbocycles. The number of hydrazone groups is 1. The van der Waals surface area contributed by atoms with Crippen LogP contribution < -0.4 is 9.46 Å². The van der Waals surface area contributed by atoms with Crippen LogP contribution in [0, 0.1) is 0 Å². The van der Waals surface area contributed by atoms with Crippen LogP contribution in [0.15, 0.2) is 88.9 Å². The minimum atomic E-state index is -3.77. The molecule has 1 aliphatic heterocycles. The molecule has 1 atom stereocenters. The van der Waals surface area contributed by atoms with E-state index in [-0.39, 0.29) is 16.8 Å². The minimum Gasteiger partial charge on any atom is -0.497 e. The zero-order valence-corrected chi connectivity index (χ0v) is 19.2. The van der Waals surface area contributed by atoms with E-state index in [9.17, 15) is 13.2 Å². The molecule has 0 fully saturated rings. The molecule has 1 amide bonds. The Morgan fingerprint density at radius 1 is 1.03 bits per heavy atom. The number of para-hydroxylation sites is 1. The maximum Gasteiger partial charge on any atom is 0.261 e. The molecule has 8 heteroatoms. The summed E-state index contributed by atoms with van der Waals surface area (Å²) in [6.45, 7) is 1.79. The van der Waals surface area contributed by atoms with Crippen LogP contribution in [0.2, 0.25) is 0 Å². The number of nitrogens with zero attached hydrogens (tertiary/aromatic N) is 2. The van der Waals surface area contributed by atoms with E-state index in [0.29, 0.717) is 29.8 Å². The highest BCUT2D eigenvalue weighted by Gasteiger charge is 2.33. The van der Waals surface area contributed by atoms with E-state index in [1.807, 2.05) is 36.4 Å². The number of amides is 1.